The summed E-state index contributed by atoms with van der Waals surface area (Å²) in [5.74, 6) is 0.112. The molecule has 5 heteroatoms. The molecule has 0 bridgehead atoms. The van der Waals surface area contributed by atoms with E-state index in [9.17, 15) is 4.79 Å². The molecule has 2 heterocycles. The Morgan fingerprint density at radius 3 is 2.52 bits per heavy atom. The number of aromatic nitrogens is 2. The first-order chi connectivity index (χ1) is 14.1. The van der Waals surface area contributed by atoms with Gasteiger partial charge in [-0.2, -0.15) is 0 Å². The van der Waals surface area contributed by atoms with E-state index in [0.29, 0.717) is 0 Å². The summed E-state index contributed by atoms with van der Waals surface area (Å²) in [6.45, 7) is 6.97. The third-order valence-corrected chi connectivity index (χ3v) is 4.80. The molecule has 0 saturated carbocycles. The van der Waals surface area contributed by atoms with Crippen LogP contribution < -0.4 is 5.32 Å². The van der Waals surface area contributed by atoms with Gasteiger partial charge in [0.1, 0.15) is 6.04 Å². The molecule has 0 fully saturated rings. The van der Waals surface area contributed by atoms with Crippen molar-refractivity contribution in [1.29, 1.82) is 0 Å². The highest BCUT2D eigenvalue weighted by Crippen LogP contribution is 2.14. The molecule has 0 spiro atoms. The number of rotatable bonds is 12. The van der Waals surface area contributed by atoms with Gasteiger partial charge >= 0.3 is 0 Å². The van der Waals surface area contributed by atoms with E-state index >= 15 is 0 Å². The maximum Gasteiger partial charge on any atom is 0.245 e. The van der Waals surface area contributed by atoms with E-state index in [-0.39, 0.29) is 11.8 Å². The van der Waals surface area contributed by atoms with Crippen LogP contribution in [0.2, 0.25) is 0 Å². The van der Waals surface area contributed by atoms with E-state index < -0.39 is 6.04 Å². The maximum atomic E-state index is 12.6. The second kappa shape index (κ2) is 12.8. The van der Waals surface area contributed by atoms with Crippen LogP contribution in [-0.4, -0.2) is 34.7 Å². The lowest BCUT2D eigenvalue weighted by atomic mass is 10.0. The normalized spacial score (nSPS) is 12.4. The van der Waals surface area contributed by atoms with Crippen LogP contribution in [0.25, 0.3) is 11.4 Å². The molecule has 1 N–H and O–H groups in total. The van der Waals surface area contributed by atoms with E-state index in [1.807, 2.05) is 50.2 Å². The van der Waals surface area contributed by atoms with Crippen molar-refractivity contribution in [2.75, 3.05) is 6.54 Å². The molecule has 2 aromatic rings. The molecule has 0 aromatic carbocycles. The van der Waals surface area contributed by atoms with Crippen LogP contribution in [0.3, 0.4) is 0 Å². The van der Waals surface area contributed by atoms with E-state index in [1.165, 1.54) is 32.1 Å². The quantitative estimate of drug-likeness (QED) is 0.404. The Hall–Kier alpha value is -2.56. The van der Waals surface area contributed by atoms with Crippen LogP contribution in [0.4, 0.5) is 0 Å². The lowest BCUT2D eigenvalue weighted by molar-refractivity contribution is -0.123. The molecule has 0 radical (unpaired) electrons. The van der Waals surface area contributed by atoms with Crippen molar-refractivity contribution in [2.45, 2.75) is 65.3 Å². The Bertz CT molecular complexity index is 758. The minimum atomic E-state index is -0.407. The van der Waals surface area contributed by atoms with E-state index in [1.54, 1.807) is 12.4 Å². The van der Waals surface area contributed by atoms with Gasteiger partial charge in [-0.1, -0.05) is 65.0 Å². The molecular weight excluding hydrogens is 360 g/mol. The monoisotopic (exact) mass is 394 g/mol. The minimum Gasteiger partial charge on any atom is -0.354 e. The van der Waals surface area contributed by atoms with Crippen LogP contribution in [0.15, 0.2) is 47.6 Å². The summed E-state index contributed by atoms with van der Waals surface area (Å²) < 4.78 is 0. The van der Waals surface area contributed by atoms with Gasteiger partial charge in [0.25, 0.3) is 0 Å². The van der Waals surface area contributed by atoms with Gasteiger partial charge in [-0.05, 0) is 36.6 Å². The predicted octanol–water partition coefficient (Wildman–Crippen LogP) is 5.06. The van der Waals surface area contributed by atoms with Crippen molar-refractivity contribution in [2.24, 2.45) is 10.9 Å². The number of carbonyl (C=O) groups is 1. The zero-order valence-corrected chi connectivity index (χ0v) is 18.0. The molecule has 0 aliphatic rings. The van der Waals surface area contributed by atoms with Crippen molar-refractivity contribution < 1.29 is 4.79 Å². The first kappa shape index (κ1) is 22.7. The topological polar surface area (TPSA) is 67.2 Å². The Kier molecular flexibility index (Phi) is 10.0. The average molecular weight is 395 g/mol. The number of hydrogen-bond donors (Lipinski definition) is 1. The second-order valence-corrected chi connectivity index (χ2v) is 7.69. The van der Waals surface area contributed by atoms with E-state index in [0.717, 1.165) is 30.0 Å². The molecule has 156 valence electrons. The van der Waals surface area contributed by atoms with Crippen molar-refractivity contribution in [1.82, 2.24) is 15.3 Å². The van der Waals surface area contributed by atoms with Crippen LogP contribution in [0.1, 0.15) is 65.0 Å². The second-order valence-electron chi connectivity index (χ2n) is 7.69. The fraction of sp³-hybridized carbons (Fsp3) is 0.500. The molecule has 2 aromatic heterocycles. The van der Waals surface area contributed by atoms with Gasteiger partial charge in [0.15, 0.2) is 0 Å². The van der Waals surface area contributed by atoms with E-state index in [2.05, 4.69) is 27.2 Å². The van der Waals surface area contributed by atoms with Crippen LogP contribution in [-0.2, 0) is 4.79 Å². The number of nitrogens with one attached hydrogen (secondary N) is 1. The number of pyridine rings is 2. The van der Waals surface area contributed by atoms with E-state index in [4.69, 9.17) is 0 Å². The van der Waals surface area contributed by atoms with Gasteiger partial charge in [-0.15, -0.1) is 0 Å². The smallest absolute Gasteiger partial charge is 0.245 e. The largest absolute Gasteiger partial charge is 0.354 e. The fourth-order valence-electron chi connectivity index (χ4n) is 3.10. The Balaban J connectivity index is 1.91. The van der Waals surface area contributed by atoms with Gasteiger partial charge in [-0.25, -0.2) is 4.98 Å². The predicted molar refractivity (Wildman–Crippen MR) is 120 cm³/mol. The van der Waals surface area contributed by atoms with Crippen molar-refractivity contribution in [3.63, 3.8) is 0 Å². The molecule has 1 amide bonds. The molecule has 0 saturated heterocycles. The standard InChI is InChI=1S/C24H34N4O/c1-4-5-6-7-8-10-17-26-24(29)23(19(2)3)27-18-20-13-12-15-22(28-20)21-14-9-11-16-25-21/h9,11-16,18-19,23H,4-8,10,17H2,1-3H3,(H,26,29). The van der Waals surface area contributed by atoms with Gasteiger partial charge in [0, 0.05) is 19.0 Å². The lowest BCUT2D eigenvalue weighted by Gasteiger charge is -2.16. The molecule has 0 aliphatic carbocycles. The number of amides is 1. The zero-order chi connectivity index (χ0) is 20.9. The van der Waals surface area contributed by atoms with Gasteiger partial charge in [0.2, 0.25) is 5.91 Å². The van der Waals surface area contributed by atoms with Gasteiger partial charge in [-0.3, -0.25) is 14.8 Å². The molecule has 5 nitrogen and oxygen atoms in total. The molecule has 1 unspecified atom stereocenters. The minimum absolute atomic E-state index is 0.00862. The summed E-state index contributed by atoms with van der Waals surface area (Å²) in [6.07, 6.45) is 10.7. The van der Waals surface area contributed by atoms with Crippen molar-refractivity contribution in [3.8, 4) is 11.4 Å². The summed E-state index contributed by atoms with van der Waals surface area (Å²) in [5.41, 5.74) is 2.34. The lowest BCUT2D eigenvalue weighted by Crippen LogP contribution is -2.37. The number of carbonyl (C=O) groups excluding carboxylic acids is 1. The first-order valence-corrected chi connectivity index (χ1v) is 10.8. The number of nitrogens with zero attached hydrogens (tertiary/aromatic N) is 3. The fourth-order valence-corrected chi connectivity index (χ4v) is 3.10. The van der Waals surface area contributed by atoms with Gasteiger partial charge in [0.05, 0.1) is 17.1 Å². The van der Waals surface area contributed by atoms with Crippen molar-refractivity contribution >= 4 is 12.1 Å². The SMILES string of the molecule is CCCCCCCCNC(=O)C(N=Cc1cccc(-c2ccccn2)n1)C(C)C. The molecular formula is C24H34N4O. The Morgan fingerprint density at radius 1 is 1.03 bits per heavy atom. The highest BCUT2D eigenvalue weighted by molar-refractivity contribution is 5.86. The van der Waals surface area contributed by atoms with Crippen LogP contribution in [0, 0.1) is 5.92 Å². The maximum absolute atomic E-state index is 12.6. The Labute approximate surface area is 175 Å². The van der Waals surface area contributed by atoms with Crippen LogP contribution in [0.5, 0.6) is 0 Å². The number of aliphatic imine (C=N–C) groups is 1. The van der Waals surface area contributed by atoms with Crippen molar-refractivity contribution in [3.05, 3.63) is 48.3 Å². The molecule has 2 rings (SSSR count). The summed E-state index contributed by atoms with van der Waals surface area (Å²) in [4.78, 5) is 26.1. The molecule has 29 heavy (non-hydrogen) atoms. The summed E-state index contributed by atoms with van der Waals surface area (Å²) >= 11 is 0. The summed E-state index contributed by atoms with van der Waals surface area (Å²) in [5, 5.41) is 3.05. The highest BCUT2D eigenvalue weighted by atomic mass is 16.2. The number of unbranched alkanes of at least 4 members (excludes halogenated alkanes) is 5. The first-order valence-electron chi connectivity index (χ1n) is 10.8. The average Bonchev–Trinajstić information content (AvgIpc) is 2.74. The van der Waals surface area contributed by atoms with Crippen LogP contribution >= 0.6 is 0 Å². The Morgan fingerprint density at radius 2 is 1.79 bits per heavy atom. The zero-order valence-electron chi connectivity index (χ0n) is 18.0. The highest BCUT2D eigenvalue weighted by Gasteiger charge is 2.20. The number of hydrogen-bond acceptors (Lipinski definition) is 4. The summed E-state index contributed by atoms with van der Waals surface area (Å²) in [6, 6.07) is 11.1. The van der Waals surface area contributed by atoms with Gasteiger partial charge < -0.3 is 5.32 Å². The third-order valence-electron chi connectivity index (χ3n) is 4.80. The summed E-state index contributed by atoms with van der Waals surface area (Å²) in [7, 11) is 0. The molecule has 0 aliphatic heterocycles. The third kappa shape index (κ3) is 8.14. The molecule has 1 atom stereocenters.